The quantitative estimate of drug-likeness (QED) is 0.779. The lowest BCUT2D eigenvalue weighted by Gasteiger charge is -2.09. The van der Waals surface area contributed by atoms with Crippen molar-refractivity contribution < 1.29 is 0 Å². The standard InChI is InChI=1S/C10H16N2S/c1-2-13-8-9(11)7-10-5-3-4-6-12-10/h3-6,9H,2,7-8,11H2,1H3. The van der Waals surface area contributed by atoms with Crippen molar-refractivity contribution in [3.8, 4) is 0 Å². The number of hydrogen-bond donors (Lipinski definition) is 1. The van der Waals surface area contributed by atoms with Crippen LogP contribution >= 0.6 is 11.8 Å². The fraction of sp³-hybridized carbons (Fsp3) is 0.500. The van der Waals surface area contributed by atoms with Crippen LogP contribution in [-0.2, 0) is 6.42 Å². The molecule has 0 saturated carbocycles. The Bertz CT molecular complexity index is 226. The van der Waals surface area contributed by atoms with Crippen LogP contribution < -0.4 is 5.73 Å². The van der Waals surface area contributed by atoms with Gasteiger partial charge in [-0.15, -0.1) is 0 Å². The van der Waals surface area contributed by atoms with Crippen molar-refractivity contribution in [3.63, 3.8) is 0 Å². The van der Waals surface area contributed by atoms with Gasteiger partial charge in [-0.25, -0.2) is 0 Å². The Morgan fingerprint density at radius 1 is 1.54 bits per heavy atom. The summed E-state index contributed by atoms with van der Waals surface area (Å²) in [7, 11) is 0. The number of nitrogens with two attached hydrogens (primary N) is 1. The van der Waals surface area contributed by atoms with E-state index in [1.807, 2.05) is 36.2 Å². The Balaban J connectivity index is 2.32. The molecule has 1 unspecified atom stereocenters. The maximum absolute atomic E-state index is 5.93. The first-order chi connectivity index (χ1) is 6.33. The molecular weight excluding hydrogens is 180 g/mol. The van der Waals surface area contributed by atoms with Gasteiger partial charge in [0.25, 0.3) is 0 Å². The summed E-state index contributed by atoms with van der Waals surface area (Å²) in [6.45, 7) is 2.15. The van der Waals surface area contributed by atoms with Gasteiger partial charge in [0.15, 0.2) is 0 Å². The van der Waals surface area contributed by atoms with E-state index in [0.29, 0.717) is 0 Å². The minimum Gasteiger partial charge on any atom is -0.327 e. The van der Waals surface area contributed by atoms with Crippen molar-refractivity contribution in [2.24, 2.45) is 5.73 Å². The third-order valence-electron chi connectivity index (χ3n) is 1.73. The predicted molar refractivity (Wildman–Crippen MR) is 58.9 cm³/mol. The highest BCUT2D eigenvalue weighted by molar-refractivity contribution is 7.99. The van der Waals surface area contributed by atoms with Crippen LogP contribution in [0.25, 0.3) is 0 Å². The molecule has 13 heavy (non-hydrogen) atoms. The van der Waals surface area contributed by atoms with Crippen LogP contribution in [0.15, 0.2) is 24.4 Å². The molecule has 0 aliphatic heterocycles. The van der Waals surface area contributed by atoms with Gasteiger partial charge in [0.2, 0.25) is 0 Å². The van der Waals surface area contributed by atoms with Crippen LogP contribution in [0.1, 0.15) is 12.6 Å². The summed E-state index contributed by atoms with van der Waals surface area (Å²) < 4.78 is 0. The first-order valence-corrected chi connectivity index (χ1v) is 5.71. The highest BCUT2D eigenvalue weighted by atomic mass is 32.2. The van der Waals surface area contributed by atoms with Crippen molar-refractivity contribution in [1.82, 2.24) is 4.98 Å². The molecule has 0 fully saturated rings. The van der Waals surface area contributed by atoms with Crippen molar-refractivity contribution in [2.45, 2.75) is 19.4 Å². The third-order valence-corrected chi connectivity index (χ3v) is 2.81. The van der Waals surface area contributed by atoms with Crippen LogP contribution in [0.4, 0.5) is 0 Å². The molecule has 0 spiro atoms. The topological polar surface area (TPSA) is 38.9 Å². The summed E-state index contributed by atoms with van der Waals surface area (Å²) in [5.41, 5.74) is 7.02. The van der Waals surface area contributed by atoms with E-state index in [4.69, 9.17) is 5.73 Å². The van der Waals surface area contributed by atoms with E-state index in [1.54, 1.807) is 0 Å². The molecule has 2 nitrogen and oxygen atoms in total. The zero-order valence-corrected chi connectivity index (χ0v) is 8.76. The minimum atomic E-state index is 0.236. The average Bonchev–Trinajstić information content (AvgIpc) is 2.16. The van der Waals surface area contributed by atoms with Crippen molar-refractivity contribution in [3.05, 3.63) is 30.1 Å². The Kier molecular flexibility index (Phi) is 4.86. The molecule has 1 heterocycles. The third kappa shape index (κ3) is 4.29. The van der Waals surface area contributed by atoms with Crippen molar-refractivity contribution >= 4 is 11.8 Å². The van der Waals surface area contributed by atoms with E-state index < -0.39 is 0 Å². The monoisotopic (exact) mass is 196 g/mol. The fourth-order valence-electron chi connectivity index (χ4n) is 1.12. The number of nitrogens with zero attached hydrogens (tertiary/aromatic N) is 1. The molecule has 1 rings (SSSR count). The van der Waals surface area contributed by atoms with Crippen LogP contribution in [0.2, 0.25) is 0 Å². The summed E-state index contributed by atoms with van der Waals surface area (Å²) in [5.74, 6) is 2.16. The molecule has 1 aromatic rings. The molecule has 0 aliphatic carbocycles. The largest absolute Gasteiger partial charge is 0.327 e. The molecule has 0 amide bonds. The van der Waals surface area contributed by atoms with Gasteiger partial charge < -0.3 is 5.73 Å². The van der Waals surface area contributed by atoms with Gasteiger partial charge in [-0.05, 0) is 17.9 Å². The van der Waals surface area contributed by atoms with Crippen LogP contribution in [-0.4, -0.2) is 22.5 Å². The molecule has 0 saturated heterocycles. The molecule has 0 aromatic carbocycles. The molecular formula is C10H16N2S. The lowest BCUT2D eigenvalue weighted by atomic mass is 10.2. The zero-order valence-electron chi connectivity index (χ0n) is 7.94. The number of thioether (sulfide) groups is 1. The number of rotatable bonds is 5. The van der Waals surface area contributed by atoms with E-state index in [-0.39, 0.29) is 6.04 Å². The normalized spacial score (nSPS) is 12.8. The summed E-state index contributed by atoms with van der Waals surface area (Å²) in [6, 6.07) is 6.19. The Labute approximate surface area is 83.9 Å². The second kappa shape index (κ2) is 6.00. The van der Waals surface area contributed by atoms with Gasteiger partial charge >= 0.3 is 0 Å². The Hall–Kier alpha value is -0.540. The molecule has 1 aromatic heterocycles. The first kappa shape index (κ1) is 10.5. The molecule has 0 aliphatic rings. The number of pyridine rings is 1. The maximum Gasteiger partial charge on any atom is 0.0419 e. The molecule has 0 bridgehead atoms. The van der Waals surface area contributed by atoms with E-state index >= 15 is 0 Å². The van der Waals surface area contributed by atoms with E-state index in [2.05, 4.69) is 11.9 Å². The van der Waals surface area contributed by atoms with Crippen LogP contribution in [0.5, 0.6) is 0 Å². The summed E-state index contributed by atoms with van der Waals surface area (Å²) in [4.78, 5) is 4.24. The zero-order chi connectivity index (χ0) is 9.52. The fourth-order valence-corrected chi connectivity index (χ4v) is 1.77. The van der Waals surface area contributed by atoms with Crippen molar-refractivity contribution in [1.29, 1.82) is 0 Å². The highest BCUT2D eigenvalue weighted by Crippen LogP contribution is 2.04. The van der Waals surface area contributed by atoms with Gasteiger partial charge in [0.05, 0.1) is 0 Å². The van der Waals surface area contributed by atoms with Gasteiger partial charge in [-0.2, -0.15) is 11.8 Å². The number of aromatic nitrogens is 1. The second-order valence-corrected chi connectivity index (χ2v) is 4.26. The van der Waals surface area contributed by atoms with Gasteiger partial charge in [0.1, 0.15) is 0 Å². The summed E-state index contributed by atoms with van der Waals surface area (Å²) in [6.07, 6.45) is 2.70. The van der Waals surface area contributed by atoms with Crippen LogP contribution in [0, 0.1) is 0 Å². The highest BCUT2D eigenvalue weighted by Gasteiger charge is 2.03. The van der Waals surface area contributed by atoms with E-state index in [0.717, 1.165) is 23.6 Å². The predicted octanol–water partition coefficient (Wildman–Crippen LogP) is 1.70. The smallest absolute Gasteiger partial charge is 0.0419 e. The SMILES string of the molecule is CCSCC(N)Cc1ccccn1. The Morgan fingerprint density at radius 3 is 3.00 bits per heavy atom. The van der Waals surface area contributed by atoms with Gasteiger partial charge in [0, 0.05) is 30.1 Å². The molecule has 3 heteroatoms. The maximum atomic E-state index is 5.93. The molecule has 0 radical (unpaired) electrons. The molecule has 2 N–H and O–H groups in total. The Morgan fingerprint density at radius 2 is 2.38 bits per heavy atom. The minimum absolute atomic E-state index is 0.236. The van der Waals surface area contributed by atoms with E-state index in [1.165, 1.54) is 0 Å². The lowest BCUT2D eigenvalue weighted by molar-refractivity contribution is 0.732. The van der Waals surface area contributed by atoms with Crippen molar-refractivity contribution in [2.75, 3.05) is 11.5 Å². The molecule has 1 atom stereocenters. The van der Waals surface area contributed by atoms with E-state index in [9.17, 15) is 0 Å². The van der Waals surface area contributed by atoms with Crippen LogP contribution in [0.3, 0.4) is 0 Å². The summed E-state index contributed by atoms with van der Waals surface area (Å²) in [5, 5.41) is 0. The lowest BCUT2D eigenvalue weighted by Crippen LogP contribution is -2.26. The first-order valence-electron chi connectivity index (χ1n) is 4.56. The van der Waals surface area contributed by atoms with Gasteiger partial charge in [-0.1, -0.05) is 13.0 Å². The average molecular weight is 196 g/mol. The van der Waals surface area contributed by atoms with Gasteiger partial charge in [-0.3, -0.25) is 4.98 Å². The molecule has 72 valence electrons. The second-order valence-electron chi connectivity index (χ2n) is 2.94. The summed E-state index contributed by atoms with van der Waals surface area (Å²) >= 11 is 1.88. The number of hydrogen-bond acceptors (Lipinski definition) is 3.